The number of ketones is 1. The molecule has 1 aliphatic carbocycles. The summed E-state index contributed by atoms with van der Waals surface area (Å²) in [6.45, 7) is 8.83. The number of hydrogen-bond donors (Lipinski definition) is 1. The van der Waals surface area contributed by atoms with Gasteiger partial charge in [-0.25, -0.2) is 14.4 Å². The number of ether oxygens (including phenoxy) is 2. The summed E-state index contributed by atoms with van der Waals surface area (Å²) in [6.07, 6.45) is 1.84. The van der Waals surface area contributed by atoms with Gasteiger partial charge in [-0.15, -0.1) is 0 Å². The summed E-state index contributed by atoms with van der Waals surface area (Å²) in [5.41, 5.74) is -0.614. The van der Waals surface area contributed by atoms with Gasteiger partial charge in [0.05, 0.1) is 18.8 Å². The van der Waals surface area contributed by atoms with Gasteiger partial charge >= 0.3 is 17.6 Å². The third-order valence-corrected chi connectivity index (χ3v) is 4.36. The van der Waals surface area contributed by atoms with Crippen LogP contribution < -0.4 is 10.9 Å². The molecule has 0 saturated carbocycles. The van der Waals surface area contributed by atoms with Gasteiger partial charge in [-0.2, -0.15) is 0 Å². The Labute approximate surface area is 162 Å². The van der Waals surface area contributed by atoms with E-state index >= 15 is 0 Å². The zero-order valence-corrected chi connectivity index (χ0v) is 16.8. The van der Waals surface area contributed by atoms with Crippen molar-refractivity contribution in [3.63, 3.8) is 0 Å². The Morgan fingerprint density at radius 2 is 1.68 bits per heavy atom. The minimum Gasteiger partial charge on any atom is -0.462 e. The molecule has 0 fully saturated rings. The number of carbonyl (C=O) groups excluding carboxylic acids is 3. The molecular weight excluding hydrogens is 366 g/mol. The summed E-state index contributed by atoms with van der Waals surface area (Å²) in [4.78, 5) is 49.0. The minimum atomic E-state index is -0.883. The average molecular weight is 391 g/mol. The van der Waals surface area contributed by atoms with Crippen LogP contribution in [0, 0.1) is 12.3 Å². The molecule has 0 aliphatic heterocycles. The maximum atomic E-state index is 12.6. The van der Waals surface area contributed by atoms with E-state index in [1.807, 2.05) is 13.8 Å². The zero-order chi connectivity index (χ0) is 21.1. The van der Waals surface area contributed by atoms with E-state index in [2.05, 4.69) is 5.32 Å². The number of hydrogen-bond acceptors (Lipinski definition) is 8. The number of esters is 2. The molecule has 0 atom stereocenters. The minimum absolute atomic E-state index is 0.0158. The predicted octanol–water partition coefficient (Wildman–Crippen LogP) is 2.53. The number of rotatable bonds is 6. The molecule has 1 aliphatic rings. The number of nitrogens with one attached hydrogen (secondary N) is 1. The molecule has 0 amide bonds. The third kappa shape index (κ3) is 4.49. The lowest BCUT2D eigenvalue weighted by atomic mass is 9.75. The standard InChI is InChI=1S/C20H25NO7/c1-6-26-17(23)12(18(24)27-7-2)10-21-16-11(3)15-13(22)8-20(4,5)9-14(15)28-19(16)25/h10,21H,6-9H2,1-5H3. The first kappa shape index (κ1) is 21.4. The summed E-state index contributed by atoms with van der Waals surface area (Å²) in [7, 11) is 0. The van der Waals surface area contributed by atoms with E-state index < -0.39 is 23.1 Å². The third-order valence-electron chi connectivity index (χ3n) is 4.36. The number of Topliss-reactive ketones (excluding diaryl/α,β-unsaturated/α-hetero) is 1. The van der Waals surface area contributed by atoms with E-state index in [9.17, 15) is 19.2 Å². The molecule has 0 saturated heterocycles. The van der Waals surface area contributed by atoms with Crippen LogP contribution in [0.3, 0.4) is 0 Å². The van der Waals surface area contributed by atoms with Crippen molar-refractivity contribution in [1.29, 1.82) is 0 Å². The van der Waals surface area contributed by atoms with Gasteiger partial charge < -0.3 is 19.2 Å². The largest absolute Gasteiger partial charge is 0.462 e. The molecule has 1 N–H and O–H groups in total. The number of carbonyl (C=O) groups is 3. The molecular formula is C20H25NO7. The van der Waals surface area contributed by atoms with Crippen molar-refractivity contribution in [2.75, 3.05) is 18.5 Å². The van der Waals surface area contributed by atoms with Gasteiger partial charge in [-0.1, -0.05) is 13.8 Å². The first-order valence-electron chi connectivity index (χ1n) is 9.12. The van der Waals surface area contributed by atoms with E-state index in [0.717, 1.165) is 6.20 Å². The molecule has 0 spiro atoms. The highest BCUT2D eigenvalue weighted by Gasteiger charge is 2.35. The van der Waals surface area contributed by atoms with E-state index in [4.69, 9.17) is 13.9 Å². The second-order valence-corrected chi connectivity index (χ2v) is 7.27. The van der Waals surface area contributed by atoms with Crippen molar-refractivity contribution in [3.8, 4) is 0 Å². The van der Waals surface area contributed by atoms with Crippen LogP contribution in [0.2, 0.25) is 0 Å². The fraction of sp³-hybridized carbons (Fsp3) is 0.500. The molecule has 0 radical (unpaired) electrons. The van der Waals surface area contributed by atoms with Crippen molar-refractivity contribution in [2.45, 2.75) is 47.5 Å². The lowest BCUT2D eigenvalue weighted by molar-refractivity contribution is -0.146. The van der Waals surface area contributed by atoms with Gasteiger partial charge in [0.25, 0.3) is 0 Å². The van der Waals surface area contributed by atoms with Gasteiger partial charge in [0.1, 0.15) is 11.4 Å². The van der Waals surface area contributed by atoms with E-state index in [-0.39, 0.29) is 30.1 Å². The molecule has 0 unspecified atom stereocenters. The van der Waals surface area contributed by atoms with Crippen LogP contribution in [-0.2, 0) is 25.5 Å². The highest BCUT2D eigenvalue weighted by Crippen LogP contribution is 2.36. The highest BCUT2D eigenvalue weighted by molar-refractivity contribution is 6.14. The highest BCUT2D eigenvalue weighted by atomic mass is 16.6. The van der Waals surface area contributed by atoms with Gasteiger partial charge in [-0.05, 0) is 31.7 Å². The molecule has 152 valence electrons. The summed E-state index contributed by atoms with van der Waals surface area (Å²) in [6, 6.07) is 0. The fourth-order valence-electron chi connectivity index (χ4n) is 3.14. The van der Waals surface area contributed by atoms with Crippen molar-refractivity contribution in [3.05, 3.63) is 39.1 Å². The lowest BCUT2D eigenvalue weighted by Gasteiger charge is -2.29. The van der Waals surface area contributed by atoms with Crippen LogP contribution >= 0.6 is 0 Å². The molecule has 1 heterocycles. The van der Waals surface area contributed by atoms with Crippen LogP contribution in [0.1, 0.15) is 55.8 Å². The van der Waals surface area contributed by atoms with Crippen molar-refractivity contribution < 1.29 is 28.3 Å². The smallest absolute Gasteiger partial charge is 0.360 e. The summed E-state index contributed by atoms with van der Waals surface area (Å²) in [5, 5.41) is 2.63. The van der Waals surface area contributed by atoms with E-state index in [1.165, 1.54) is 0 Å². The number of fused-ring (bicyclic) bond motifs is 1. The van der Waals surface area contributed by atoms with Crippen LogP contribution in [0.4, 0.5) is 5.69 Å². The zero-order valence-electron chi connectivity index (χ0n) is 16.8. The molecule has 8 heteroatoms. The molecule has 1 aromatic rings. The van der Waals surface area contributed by atoms with Gasteiger partial charge in [0.15, 0.2) is 11.4 Å². The Hall–Kier alpha value is -2.90. The van der Waals surface area contributed by atoms with E-state index in [1.54, 1.807) is 20.8 Å². The Morgan fingerprint density at radius 1 is 1.11 bits per heavy atom. The molecule has 0 bridgehead atoms. The predicted molar refractivity (Wildman–Crippen MR) is 101 cm³/mol. The molecule has 28 heavy (non-hydrogen) atoms. The van der Waals surface area contributed by atoms with Crippen LogP contribution in [0.5, 0.6) is 0 Å². The molecule has 2 rings (SSSR count). The molecule has 1 aromatic heterocycles. The first-order chi connectivity index (χ1) is 13.1. The normalized spacial score (nSPS) is 14.7. The molecule has 8 nitrogen and oxygen atoms in total. The maximum absolute atomic E-state index is 12.6. The summed E-state index contributed by atoms with van der Waals surface area (Å²) in [5.74, 6) is -1.53. The lowest BCUT2D eigenvalue weighted by Crippen LogP contribution is -2.30. The Morgan fingerprint density at radius 3 is 2.21 bits per heavy atom. The quantitative estimate of drug-likeness (QED) is 0.341. The maximum Gasteiger partial charge on any atom is 0.360 e. The second-order valence-electron chi connectivity index (χ2n) is 7.27. The van der Waals surface area contributed by atoms with Gasteiger partial charge in [0.2, 0.25) is 0 Å². The monoisotopic (exact) mass is 391 g/mol. The van der Waals surface area contributed by atoms with Gasteiger partial charge in [0, 0.05) is 19.0 Å². The van der Waals surface area contributed by atoms with Crippen molar-refractivity contribution in [2.24, 2.45) is 5.41 Å². The Balaban J connectivity index is 2.45. The number of anilines is 1. The van der Waals surface area contributed by atoms with Crippen LogP contribution in [0.25, 0.3) is 0 Å². The Kier molecular flexibility index (Phi) is 6.43. The van der Waals surface area contributed by atoms with Crippen LogP contribution in [0.15, 0.2) is 21.0 Å². The Bertz CT molecular complexity index is 873. The topological polar surface area (TPSA) is 112 Å². The van der Waals surface area contributed by atoms with Crippen molar-refractivity contribution >= 4 is 23.4 Å². The molecule has 0 aromatic carbocycles. The summed E-state index contributed by atoms with van der Waals surface area (Å²) >= 11 is 0. The van der Waals surface area contributed by atoms with Gasteiger partial charge in [-0.3, -0.25) is 4.79 Å². The van der Waals surface area contributed by atoms with Crippen molar-refractivity contribution in [1.82, 2.24) is 0 Å². The fourth-order valence-corrected chi connectivity index (χ4v) is 3.14. The average Bonchev–Trinajstić information content (AvgIpc) is 2.56. The van der Waals surface area contributed by atoms with E-state index in [0.29, 0.717) is 29.7 Å². The summed E-state index contributed by atoms with van der Waals surface area (Å²) < 4.78 is 15.1. The SMILES string of the molecule is CCOC(=O)C(=CNc1c(C)c2c(oc1=O)CC(C)(C)CC2=O)C(=O)OCC. The second kappa shape index (κ2) is 8.41. The first-order valence-corrected chi connectivity index (χ1v) is 9.12. The van der Waals surface area contributed by atoms with Crippen LogP contribution in [-0.4, -0.2) is 30.9 Å².